The summed E-state index contributed by atoms with van der Waals surface area (Å²) >= 11 is 0. The summed E-state index contributed by atoms with van der Waals surface area (Å²) in [5.41, 5.74) is 0.579. The van der Waals surface area contributed by atoms with Crippen molar-refractivity contribution < 1.29 is 31.3 Å². The third-order valence-corrected chi connectivity index (χ3v) is 6.94. The minimum Gasteiger partial charge on any atom is -0.325 e. The second kappa shape index (κ2) is 8.75. The van der Waals surface area contributed by atoms with E-state index >= 15 is 0 Å². The predicted octanol–water partition coefficient (Wildman–Crippen LogP) is 1.54. The van der Waals surface area contributed by atoms with Crippen LogP contribution < -0.4 is 10.2 Å². The summed E-state index contributed by atoms with van der Waals surface area (Å²) in [6, 6.07) is 11.5. The van der Waals surface area contributed by atoms with Crippen LogP contribution in [0.5, 0.6) is 0 Å². The van der Waals surface area contributed by atoms with Crippen LogP contribution in [0.2, 0.25) is 0 Å². The van der Waals surface area contributed by atoms with Crippen LogP contribution in [0.1, 0.15) is 11.1 Å². The lowest BCUT2D eigenvalue weighted by Crippen LogP contribution is -3.15. The molecule has 30 heavy (non-hydrogen) atoms. The smallest absolute Gasteiger partial charge is 0.325 e. The number of alkyl halides is 3. The van der Waals surface area contributed by atoms with Crippen LogP contribution in [0.4, 0.5) is 18.9 Å². The van der Waals surface area contributed by atoms with Gasteiger partial charge in [-0.05, 0) is 31.2 Å². The molecule has 0 radical (unpaired) electrons. The molecule has 6 nitrogen and oxygen atoms in total. The predicted molar refractivity (Wildman–Crippen MR) is 106 cm³/mol. The molecule has 2 aromatic rings. The number of quaternary nitrogens is 1. The van der Waals surface area contributed by atoms with Gasteiger partial charge in [-0.3, -0.25) is 4.79 Å². The van der Waals surface area contributed by atoms with Gasteiger partial charge in [-0.15, -0.1) is 0 Å². The van der Waals surface area contributed by atoms with Crippen molar-refractivity contribution in [2.45, 2.75) is 18.0 Å². The molecule has 2 N–H and O–H groups in total. The SMILES string of the molecule is Cc1ccc(NC(=O)C[NH+]2CCN(S(=O)(=O)c3ccccc3C(F)(F)F)CC2)cc1. The Labute approximate surface area is 173 Å². The first kappa shape index (κ1) is 22.3. The van der Waals surface area contributed by atoms with E-state index < -0.39 is 26.7 Å². The van der Waals surface area contributed by atoms with Crippen LogP contribution >= 0.6 is 0 Å². The Balaban J connectivity index is 1.61. The van der Waals surface area contributed by atoms with Gasteiger partial charge in [0.05, 0.1) is 36.6 Å². The van der Waals surface area contributed by atoms with Crippen molar-refractivity contribution in [3.8, 4) is 0 Å². The molecule has 0 spiro atoms. The maximum atomic E-state index is 13.2. The molecule has 0 unspecified atom stereocenters. The quantitative estimate of drug-likeness (QED) is 0.738. The van der Waals surface area contributed by atoms with Crippen molar-refractivity contribution >= 4 is 21.6 Å². The summed E-state index contributed by atoms with van der Waals surface area (Å²) in [5.74, 6) is -0.201. The summed E-state index contributed by atoms with van der Waals surface area (Å²) in [6.45, 7) is 2.84. The number of nitrogens with one attached hydrogen (secondary N) is 2. The van der Waals surface area contributed by atoms with Crippen molar-refractivity contribution in [3.63, 3.8) is 0 Å². The summed E-state index contributed by atoms with van der Waals surface area (Å²) in [6.07, 6.45) is -4.76. The van der Waals surface area contributed by atoms with Gasteiger partial charge >= 0.3 is 6.18 Å². The normalized spacial score (nSPS) is 16.4. The van der Waals surface area contributed by atoms with E-state index in [1.807, 2.05) is 19.1 Å². The fraction of sp³-hybridized carbons (Fsp3) is 0.350. The number of carbonyl (C=O) groups is 1. The number of hydrogen-bond donors (Lipinski definition) is 2. The first-order valence-electron chi connectivity index (χ1n) is 9.44. The van der Waals surface area contributed by atoms with Crippen LogP contribution in [-0.2, 0) is 21.0 Å². The number of aryl methyl sites for hydroxylation is 1. The fourth-order valence-corrected chi connectivity index (χ4v) is 5.01. The molecule has 0 bridgehead atoms. The number of amides is 1. The third-order valence-electron chi connectivity index (χ3n) is 4.99. The molecule has 1 heterocycles. The highest BCUT2D eigenvalue weighted by Gasteiger charge is 2.40. The molecule has 0 atom stereocenters. The van der Waals surface area contributed by atoms with Crippen molar-refractivity contribution in [2.75, 3.05) is 38.0 Å². The molecule has 10 heteroatoms. The topological polar surface area (TPSA) is 70.9 Å². The van der Waals surface area contributed by atoms with Crippen molar-refractivity contribution in [1.29, 1.82) is 0 Å². The fourth-order valence-electron chi connectivity index (χ4n) is 3.35. The van der Waals surface area contributed by atoms with Crippen LogP contribution in [-0.4, -0.2) is 51.4 Å². The highest BCUT2D eigenvalue weighted by Crippen LogP contribution is 2.35. The molecule has 1 aliphatic rings. The van der Waals surface area contributed by atoms with E-state index in [2.05, 4.69) is 5.32 Å². The molecule has 2 aromatic carbocycles. The molecule has 162 valence electrons. The van der Waals surface area contributed by atoms with Gasteiger partial charge in [-0.2, -0.15) is 17.5 Å². The van der Waals surface area contributed by atoms with E-state index in [1.54, 1.807) is 12.1 Å². The molecule has 0 aliphatic carbocycles. The summed E-state index contributed by atoms with van der Waals surface area (Å²) in [4.78, 5) is 12.4. The highest BCUT2D eigenvalue weighted by atomic mass is 32.2. The number of carbonyl (C=O) groups excluding carboxylic acids is 1. The monoisotopic (exact) mass is 442 g/mol. The summed E-state index contributed by atoms with van der Waals surface area (Å²) < 4.78 is 66.3. The maximum Gasteiger partial charge on any atom is 0.417 e. The zero-order valence-electron chi connectivity index (χ0n) is 16.4. The lowest BCUT2D eigenvalue weighted by molar-refractivity contribution is -0.895. The Morgan fingerprint density at radius 1 is 1.07 bits per heavy atom. The van der Waals surface area contributed by atoms with Gasteiger partial charge in [0.15, 0.2) is 6.54 Å². The maximum absolute atomic E-state index is 13.2. The standard InChI is InChI=1S/C20H22F3N3O3S/c1-15-6-8-16(9-7-15)24-19(27)14-25-10-12-26(13-11-25)30(28,29)18-5-3-2-4-17(18)20(21,22)23/h2-9H,10-14H2,1H3,(H,24,27)/p+1. The lowest BCUT2D eigenvalue weighted by Gasteiger charge is -2.31. The minimum absolute atomic E-state index is 0.0433. The largest absolute Gasteiger partial charge is 0.417 e. The molecule has 1 amide bonds. The average molecular weight is 442 g/mol. The molecule has 3 rings (SSSR count). The van der Waals surface area contributed by atoms with Gasteiger partial charge in [-0.1, -0.05) is 29.8 Å². The Bertz CT molecular complexity index is 1000. The molecule has 0 aromatic heterocycles. The van der Waals surface area contributed by atoms with E-state index in [1.165, 1.54) is 6.07 Å². The zero-order chi connectivity index (χ0) is 21.9. The van der Waals surface area contributed by atoms with Crippen LogP contribution in [0.25, 0.3) is 0 Å². The minimum atomic E-state index is -4.76. The van der Waals surface area contributed by atoms with Gasteiger partial charge < -0.3 is 10.2 Å². The van der Waals surface area contributed by atoms with Gasteiger partial charge in [0.2, 0.25) is 10.0 Å². The number of halogens is 3. The Hall–Kier alpha value is -2.43. The highest BCUT2D eigenvalue weighted by molar-refractivity contribution is 7.89. The van der Waals surface area contributed by atoms with Gasteiger partial charge in [-0.25, -0.2) is 8.42 Å². The van der Waals surface area contributed by atoms with Gasteiger partial charge in [0, 0.05) is 5.69 Å². The first-order chi connectivity index (χ1) is 14.1. The Morgan fingerprint density at radius 3 is 2.27 bits per heavy atom. The van der Waals surface area contributed by atoms with E-state index in [0.29, 0.717) is 18.8 Å². The Kier molecular flexibility index (Phi) is 6.49. The molecule has 1 aliphatic heterocycles. The number of piperazine rings is 1. The van der Waals surface area contributed by atoms with Crippen LogP contribution in [0.3, 0.4) is 0 Å². The first-order valence-corrected chi connectivity index (χ1v) is 10.9. The summed E-state index contributed by atoms with van der Waals surface area (Å²) in [7, 11) is -4.28. The third kappa shape index (κ3) is 5.18. The zero-order valence-corrected chi connectivity index (χ0v) is 17.2. The van der Waals surface area contributed by atoms with E-state index in [4.69, 9.17) is 0 Å². The number of sulfonamides is 1. The molecule has 1 saturated heterocycles. The van der Waals surface area contributed by atoms with Gasteiger partial charge in [0.25, 0.3) is 5.91 Å². The lowest BCUT2D eigenvalue weighted by atomic mass is 10.2. The number of anilines is 1. The summed E-state index contributed by atoms with van der Waals surface area (Å²) in [5, 5.41) is 2.79. The Morgan fingerprint density at radius 2 is 1.67 bits per heavy atom. The van der Waals surface area contributed by atoms with Crippen molar-refractivity contribution in [1.82, 2.24) is 4.31 Å². The number of benzene rings is 2. The number of rotatable bonds is 5. The van der Waals surface area contributed by atoms with Crippen LogP contribution in [0.15, 0.2) is 53.4 Å². The number of nitrogens with zero attached hydrogens (tertiary/aromatic N) is 1. The average Bonchev–Trinajstić information content (AvgIpc) is 2.69. The van der Waals surface area contributed by atoms with Crippen molar-refractivity contribution in [2.24, 2.45) is 0 Å². The van der Waals surface area contributed by atoms with Crippen LogP contribution in [0, 0.1) is 6.92 Å². The van der Waals surface area contributed by atoms with E-state index in [-0.39, 0.29) is 25.5 Å². The molecule has 1 fully saturated rings. The van der Waals surface area contributed by atoms with E-state index in [0.717, 1.165) is 33.0 Å². The second-order valence-electron chi connectivity index (χ2n) is 7.24. The molecule has 0 saturated carbocycles. The van der Waals surface area contributed by atoms with E-state index in [9.17, 15) is 26.4 Å². The number of hydrogen-bond acceptors (Lipinski definition) is 3. The molecular formula is C20H23F3N3O3S+. The second-order valence-corrected chi connectivity index (χ2v) is 9.15. The van der Waals surface area contributed by atoms with Gasteiger partial charge in [0.1, 0.15) is 0 Å². The molecular weight excluding hydrogens is 419 g/mol. The van der Waals surface area contributed by atoms with Crippen molar-refractivity contribution in [3.05, 3.63) is 59.7 Å².